The number of pyridine rings is 2. The number of aromatic nitrogens is 2. The number of hydrogen-bond donors (Lipinski definition) is 2. The average molecular weight is 494 g/mol. The fourth-order valence-electron chi connectivity index (χ4n) is 4.41. The molecule has 0 saturated heterocycles. The van der Waals surface area contributed by atoms with Crippen LogP contribution in [-0.2, 0) is 6.54 Å². The standard InChI is InChI=1S/C27H25Cl2N3O2/c1-15-10-24(29)32-22-11-20-23(12-19(15)22)34-27(2,3)26(33)25(20)31-14-16-4-9-21(30-13-16)17-5-7-18(28)8-6-17/h4-13,25-26,31,33H,14H2,1-3H3/t25-,26+/m0/s1. The molecule has 0 radical (unpaired) electrons. The zero-order chi connectivity index (χ0) is 24.0. The van der Waals surface area contributed by atoms with Gasteiger partial charge in [-0.25, -0.2) is 4.98 Å². The third kappa shape index (κ3) is 4.37. The second-order valence-electron chi connectivity index (χ2n) is 9.24. The lowest BCUT2D eigenvalue weighted by atomic mass is 9.85. The quantitative estimate of drug-likeness (QED) is 0.327. The van der Waals surface area contributed by atoms with E-state index in [-0.39, 0.29) is 6.04 Å². The van der Waals surface area contributed by atoms with Crippen LogP contribution in [-0.4, -0.2) is 26.8 Å². The van der Waals surface area contributed by atoms with Crippen molar-refractivity contribution in [2.75, 3.05) is 0 Å². The van der Waals surface area contributed by atoms with Crippen LogP contribution in [0.3, 0.4) is 0 Å². The molecule has 2 aromatic heterocycles. The van der Waals surface area contributed by atoms with Gasteiger partial charge in [0.25, 0.3) is 0 Å². The van der Waals surface area contributed by atoms with Crippen LogP contribution in [0.5, 0.6) is 5.75 Å². The number of nitrogens with zero attached hydrogens (tertiary/aromatic N) is 2. The first-order valence-corrected chi connectivity index (χ1v) is 11.9. The molecule has 0 bridgehead atoms. The Balaban J connectivity index is 1.43. The molecule has 2 aromatic carbocycles. The lowest BCUT2D eigenvalue weighted by Gasteiger charge is -2.42. The van der Waals surface area contributed by atoms with E-state index in [1.807, 2.05) is 81.6 Å². The van der Waals surface area contributed by atoms with Crippen molar-refractivity contribution in [1.29, 1.82) is 0 Å². The van der Waals surface area contributed by atoms with Gasteiger partial charge in [0.2, 0.25) is 0 Å². The van der Waals surface area contributed by atoms with Crippen molar-refractivity contribution in [1.82, 2.24) is 15.3 Å². The monoisotopic (exact) mass is 493 g/mol. The van der Waals surface area contributed by atoms with Gasteiger partial charge < -0.3 is 15.2 Å². The number of hydrogen-bond acceptors (Lipinski definition) is 5. The van der Waals surface area contributed by atoms with Gasteiger partial charge >= 0.3 is 0 Å². The van der Waals surface area contributed by atoms with Crippen molar-refractivity contribution in [2.45, 2.75) is 45.1 Å². The van der Waals surface area contributed by atoms with E-state index in [1.165, 1.54) is 0 Å². The molecule has 0 unspecified atom stereocenters. The molecule has 34 heavy (non-hydrogen) atoms. The van der Waals surface area contributed by atoms with Gasteiger partial charge in [-0.15, -0.1) is 0 Å². The minimum Gasteiger partial charge on any atom is -0.485 e. The summed E-state index contributed by atoms with van der Waals surface area (Å²) in [6.07, 6.45) is 1.08. The van der Waals surface area contributed by atoms with Gasteiger partial charge in [0.15, 0.2) is 0 Å². The Morgan fingerprint density at radius 2 is 1.82 bits per heavy atom. The number of halogens is 2. The highest BCUT2D eigenvalue weighted by molar-refractivity contribution is 6.30. The highest BCUT2D eigenvalue weighted by Gasteiger charge is 2.43. The summed E-state index contributed by atoms with van der Waals surface area (Å²) in [4.78, 5) is 9.08. The molecule has 5 nitrogen and oxygen atoms in total. The Kier molecular flexibility index (Phi) is 5.98. The SMILES string of the molecule is Cc1cc(Cl)nc2cc3c(cc12)OC(C)(C)[C@H](O)[C@H]3NCc1ccc(-c2ccc(Cl)cc2)nc1. The maximum Gasteiger partial charge on any atom is 0.131 e. The lowest BCUT2D eigenvalue weighted by Crippen LogP contribution is -2.52. The molecule has 0 fully saturated rings. The molecule has 0 spiro atoms. The molecule has 7 heteroatoms. The minimum atomic E-state index is -0.765. The fraction of sp³-hybridized carbons (Fsp3) is 0.259. The van der Waals surface area contributed by atoms with Crippen molar-refractivity contribution in [3.63, 3.8) is 0 Å². The number of aryl methyl sites for hydroxylation is 1. The Morgan fingerprint density at radius 3 is 2.53 bits per heavy atom. The lowest BCUT2D eigenvalue weighted by molar-refractivity contribution is -0.0647. The molecular weight excluding hydrogens is 469 g/mol. The molecule has 0 saturated carbocycles. The molecule has 4 aromatic rings. The molecule has 5 rings (SSSR count). The van der Waals surface area contributed by atoms with Crippen molar-refractivity contribution >= 4 is 34.1 Å². The molecule has 1 aliphatic heterocycles. The molecule has 174 valence electrons. The molecule has 1 aliphatic rings. The van der Waals surface area contributed by atoms with Gasteiger partial charge in [0, 0.05) is 34.3 Å². The van der Waals surface area contributed by atoms with Crippen LogP contribution in [0, 0.1) is 6.92 Å². The van der Waals surface area contributed by atoms with Crippen molar-refractivity contribution < 1.29 is 9.84 Å². The van der Waals surface area contributed by atoms with E-state index in [1.54, 1.807) is 0 Å². The van der Waals surface area contributed by atoms with Crippen molar-refractivity contribution in [2.24, 2.45) is 0 Å². The van der Waals surface area contributed by atoms with Gasteiger partial charge in [-0.05, 0) is 68.3 Å². The van der Waals surface area contributed by atoms with Gasteiger partial charge in [0.05, 0.1) is 17.3 Å². The average Bonchev–Trinajstić information content (AvgIpc) is 2.80. The number of aliphatic hydroxyl groups is 1. The molecule has 2 atom stereocenters. The third-order valence-electron chi connectivity index (χ3n) is 6.34. The predicted octanol–water partition coefficient (Wildman–Crippen LogP) is 6.27. The number of fused-ring (bicyclic) bond motifs is 2. The van der Waals surface area contributed by atoms with E-state index >= 15 is 0 Å². The minimum absolute atomic E-state index is 0.347. The van der Waals surface area contributed by atoms with Crippen LogP contribution in [0.2, 0.25) is 10.2 Å². The molecule has 0 amide bonds. The predicted molar refractivity (Wildman–Crippen MR) is 136 cm³/mol. The highest BCUT2D eigenvalue weighted by atomic mass is 35.5. The van der Waals surface area contributed by atoms with Crippen LogP contribution in [0.15, 0.2) is 60.8 Å². The first kappa shape index (κ1) is 23.1. The first-order chi connectivity index (χ1) is 16.2. The molecule has 2 N–H and O–H groups in total. The van der Waals surface area contributed by atoms with Crippen LogP contribution < -0.4 is 10.1 Å². The van der Waals surface area contributed by atoms with Crippen molar-refractivity contribution in [3.05, 3.63) is 87.7 Å². The van der Waals surface area contributed by atoms with Crippen LogP contribution in [0.25, 0.3) is 22.2 Å². The Labute approximate surface area is 208 Å². The molecular formula is C27H25Cl2N3O2. The number of benzene rings is 2. The summed E-state index contributed by atoms with van der Waals surface area (Å²) >= 11 is 12.2. The summed E-state index contributed by atoms with van der Waals surface area (Å²) in [6.45, 7) is 6.33. The summed E-state index contributed by atoms with van der Waals surface area (Å²) in [5, 5.41) is 16.8. The number of nitrogens with one attached hydrogen (secondary N) is 1. The zero-order valence-electron chi connectivity index (χ0n) is 19.1. The van der Waals surface area contributed by atoms with E-state index in [0.29, 0.717) is 16.7 Å². The van der Waals surface area contributed by atoms with Crippen LogP contribution in [0.4, 0.5) is 0 Å². The summed E-state index contributed by atoms with van der Waals surface area (Å²) in [7, 11) is 0. The van der Waals surface area contributed by atoms with E-state index in [4.69, 9.17) is 27.9 Å². The largest absolute Gasteiger partial charge is 0.485 e. The van der Waals surface area contributed by atoms with Crippen LogP contribution >= 0.6 is 23.2 Å². The van der Waals surface area contributed by atoms with Gasteiger partial charge in [-0.2, -0.15) is 0 Å². The van der Waals surface area contributed by atoms with Crippen molar-refractivity contribution in [3.8, 4) is 17.0 Å². The highest BCUT2D eigenvalue weighted by Crippen LogP contribution is 2.42. The number of ether oxygens (including phenoxy) is 1. The van der Waals surface area contributed by atoms with Gasteiger partial charge in [-0.1, -0.05) is 41.4 Å². The Morgan fingerprint density at radius 1 is 1.06 bits per heavy atom. The second kappa shape index (κ2) is 8.82. The fourth-order valence-corrected chi connectivity index (χ4v) is 4.79. The summed E-state index contributed by atoms with van der Waals surface area (Å²) in [5.74, 6) is 0.740. The number of rotatable bonds is 4. The summed E-state index contributed by atoms with van der Waals surface area (Å²) in [5.41, 5.74) is 4.80. The van der Waals surface area contributed by atoms with Crippen LogP contribution in [0.1, 0.15) is 36.6 Å². The zero-order valence-corrected chi connectivity index (χ0v) is 20.7. The molecule has 0 aliphatic carbocycles. The maximum absolute atomic E-state index is 11.2. The summed E-state index contributed by atoms with van der Waals surface area (Å²) in [6, 6.07) is 17.1. The molecule has 3 heterocycles. The van der Waals surface area contributed by atoms with E-state index < -0.39 is 11.7 Å². The third-order valence-corrected chi connectivity index (χ3v) is 6.79. The number of aliphatic hydroxyl groups excluding tert-OH is 1. The normalized spacial score (nSPS) is 19.0. The van der Waals surface area contributed by atoms with E-state index in [2.05, 4.69) is 15.3 Å². The van der Waals surface area contributed by atoms with Gasteiger partial charge in [0.1, 0.15) is 22.6 Å². The van der Waals surface area contributed by atoms with E-state index in [0.717, 1.165) is 44.6 Å². The maximum atomic E-state index is 11.2. The van der Waals surface area contributed by atoms with Gasteiger partial charge in [-0.3, -0.25) is 4.98 Å². The Hall–Kier alpha value is -2.70. The first-order valence-electron chi connectivity index (χ1n) is 11.1. The smallest absolute Gasteiger partial charge is 0.131 e. The Bertz CT molecular complexity index is 1360. The topological polar surface area (TPSA) is 67.3 Å². The summed E-state index contributed by atoms with van der Waals surface area (Å²) < 4.78 is 6.21. The second-order valence-corrected chi connectivity index (χ2v) is 10.1. The van der Waals surface area contributed by atoms with E-state index in [9.17, 15) is 5.11 Å².